The van der Waals surface area contributed by atoms with Crippen LogP contribution >= 0.6 is 11.6 Å². The molecule has 20 heavy (non-hydrogen) atoms. The molecule has 2 nitrogen and oxygen atoms in total. The lowest BCUT2D eigenvalue weighted by Crippen LogP contribution is -2.19. The van der Waals surface area contributed by atoms with Gasteiger partial charge < -0.3 is 10.4 Å². The molecule has 2 aromatic rings. The van der Waals surface area contributed by atoms with Gasteiger partial charge in [-0.05, 0) is 31.2 Å². The van der Waals surface area contributed by atoms with Gasteiger partial charge >= 0.3 is 0 Å². The van der Waals surface area contributed by atoms with E-state index in [2.05, 4.69) is 5.32 Å². The number of hydrogen-bond donors (Lipinski definition) is 2. The molecule has 0 radical (unpaired) electrons. The molecule has 1 atom stereocenters. The van der Waals surface area contributed by atoms with Crippen LogP contribution in [0.2, 0.25) is 5.02 Å². The summed E-state index contributed by atoms with van der Waals surface area (Å²) in [7, 11) is 0. The molecular weight excluding hydrogens is 284 g/mol. The fraction of sp³-hybridized carbons (Fsp3) is 0.200. The Balaban J connectivity index is 2.10. The van der Waals surface area contributed by atoms with Crippen LogP contribution in [0.4, 0.5) is 8.78 Å². The number of benzene rings is 2. The first-order valence-electron chi connectivity index (χ1n) is 6.13. The molecule has 1 unspecified atom stereocenters. The Morgan fingerprint density at radius 3 is 2.75 bits per heavy atom. The zero-order valence-corrected chi connectivity index (χ0v) is 11.6. The van der Waals surface area contributed by atoms with Crippen molar-refractivity contribution in [3.8, 4) is 5.75 Å². The van der Waals surface area contributed by atoms with Gasteiger partial charge in [-0.3, -0.25) is 0 Å². The third kappa shape index (κ3) is 3.26. The van der Waals surface area contributed by atoms with Gasteiger partial charge in [-0.2, -0.15) is 0 Å². The molecule has 0 spiro atoms. The fourth-order valence-electron chi connectivity index (χ4n) is 1.92. The monoisotopic (exact) mass is 297 g/mol. The van der Waals surface area contributed by atoms with E-state index in [-0.39, 0.29) is 16.3 Å². The molecule has 2 N–H and O–H groups in total. The van der Waals surface area contributed by atoms with Gasteiger partial charge in [0.15, 0.2) is 0 Å². The highest BCUT2D eigenvalue weighted by Gasteiger charge is 2.13. The first-order chi connectivity index (χ1) is 9.49. The molecule has 0 amide bonds. The van der Waals surface area contributed by atoms with Crippen molar-refractivity contribution in [1.29, 1.82) is 0 Å². The third-order valence-corrected chi connectivity index (χ3v) is 3.40. The van der Waals surface area contributed by atoms with Crippen LogP contribution in [0.15, 0.2) is 36.4 Å². The number of halogens is 3. The molecule has 0 fully saturated rings. The zero-order chi connectivity index (χ0) is 14.7. The molecule has 0 bridgehead atoms. The summed E-state index contributed by atoms with van der Waals surface area (Å²) >= 11 is 5.80. The second-order valence-corrected chi connectivity index (χ2v) is 4.92. The van der Waals surface area contributed by atoms with E-state index in [9.17, 15) is 13.9 Å². The van der Waals surface area contributed by atoms with Crippen molar-refractivity contribution < 1.29 is 13.9 Å². The lowest BCUT2D eigenvalue weighted by Gasteiger charge is -2.16. The topological polar surface area (TPSA) is 32.3 Å². The molecule has 106 valence electrons. The van der Waals surface area contributed by atoms with Crippen LogP contribution in [-0.2, 0) is 6.54 Å². The van der Waals surface area contributed by atoms with Crippen molar-refractivity contribution in [2.24, 2.45) is 0 Å². The molecule has 0 aromatic heterocycles. The van der Waals surface area contributed by atoms with Crippen molar-refractivity contribution in [3.05, 3.63) is 64.2 Å². The van der Waals surface area contributed by atoms with Crippen molar-refractivity contribution >= 4 is 11.6 Å². The molecule has 0 aliphatic rings. The highest BCUT2D eigenvalue weighted by molar-refractivity contribution is 6.32. The smallest absolute Gasteiger partial charge is 0.138 e. The van der Waals surface area contributed by atoms with Gasteiger partial charge in [0.25, 0.3) is 0 Å². The lowest BCUT2D eigenvalue weighted by molar-refractivity contribution is 0.458. The minimum absolute atomic E-state index is 0.00594. The average Bonchev–Trinajstić information content (AvgIpc) is 2.43. The largest absolute Gasteiger partial charge is 0.506 e. The summed E-state index contributed by atoms with van der Waals surface area (Å²) < 4.78 is 26.7. The first-order valence-corrected chi connectivity index (χ1v) is 6.51. The summed E-state index contributed by atoms with van der Waals surface area (Å²) in [5.41, 5.74) is 0.840. The fourth-order valence-corrected chi connectivity index (χ4v) is 2.12. The van der Waals surface area contributed by atoms with Crippen molar-refractivity contribution in [2.75, 3.05) is 0 Å². The van der Waals surface area contributed by atoms with E-state index in [0.29, 0.717) is 12.1 Å². The normalized spacial score (nSPS) is 12.4. The zero-order valence-electron chi connectivity index (χ0n) is 10.8. The molecule has 2 rings (SSSR count). The van der Waals surface area contributed by atoms with Crippen LogP contribution in [0.3, 0.4) is 0 Å². The minimum atomic E-state index is -0.486. The van der Waals surface area contributed by atoms with Crippen LogP contribution in [0, 0.1) is 11.6 Å². The third-order valence-electron chi connectivity index (χ3n) is 3.09. The van der Waals surface area contributed by atoms with E-state index in [0.717, 1.165) is 18.2 Å². The highest BCUT2D eigenvalue weighted by Crippen LogP contribution is 2.27. The van der Waals surface area contributed by atoms with E-state index < -0.39 is 17.7 Å². The molecule has 0 saturated carbocycles. The molecule has 0 heterocycles. The molecule has 0 aliphatic carbocycles. The minimum Gasteiger partial charge on any atom is -0.506 e. The summed E-state index contributed by atoms with van der Waals surface area (Å²) in [5, 5.41) is 13.1. The summed E-state index contributed by atoms with van der Waals surface area (Å²) in [4.78, 5) is 0. The van der Waals surface area contributed by atoms with Gasteiger partial charge in [-0.25, -0.2) is 8.78 Å². The summed E-state index contributed by atoms with van der Waals surface area (Å²) in [6.07, 6.45) is 0. The molecular formula is C15H14ClF2NO. The van der Waals surface area contributed by atoms with Gasteiger partial charge in [0.2, 0.25) is 0 Å². The van der Waals surface area contributed by atoms with Crippen molar-refractivity contribution in [2.45, 2.75) is 19.5 Å². The number of phenolic OH excluding ortho intramolecular Hbond substituents is 1. The van der Waals surface area contributed by atoms with Gasteiger partial charge in [0.1, 0.15) is 17.4 Å². The van der Waals surface area contributed by atoms with Gasteiger partial charge in [0, 0.05) is 23.7 Å². The van der Waals surface area contributed by atoms with Gasteiger partial charge in [-0.1, -0.05) is 23.7 Å². The van der Waals surface area contributed by atoms with Crippen LogP contribution in [-0.4, -0.2) is 5.11 Å². The molecule has 2 aromatic carbocycles. The number of para-hydroxylation sites is 1. The van der Waals surface area contributed by atoms with Crippen molar-refractivity contribution in [1.82, 2.24) is 5.32 Å². The highest BCUT2D eigenvalue weighted by atomic mass is 35.5. The number of rotatable bonds is 4. The van der Waals surface area contributed by atoms with E-state index in [4.69, 9.17) is 11.6 Å². The van der Waals surface area contributed by atoms with Crippen molar-refractivity contribution in [3.63, 3.8) is 0 Å². The SMILES string of the molecule is CC(NCc1cccc(Cl)c1O)c1cc(F)ccc1F. The maximum Gasteiger partial charge on any atom is 0.138 e. The Labute approximate surface area is 121 Å². The molecule has 0 saturated heterocycles. The summed E-state index contributed by atoms with van der Waals surface area (Å²) in [6.45, 7) is 2.02. The van der Waals surface area contributed by atoms with Crippen LogP contribution in [0.25, 0.3) is 0 Å². The predicted octanol–water partition coefficient (Wildman–Crippen LogP) is 4.17. The summed E-state index contributed by atoms with van der Waals surface area (Å²) in [6, 6.07) is 7.94. The first kappa shape index (κ1) is 14.8. The van der Waals surface area contributed by atoms with Crippen LogP contribution < -0.4 is 5.32 Å². The maximum atomic E-state index is 13.6. The number of hydrogen-bond acceptors (Lipinski definition) is 2. The number of phenols is 1. The van der Waals surface area contributed by atoms with E-state index >= 15 is 0 Å². The predicted molar refractivity (Wildman–Crippen MR) is 74.7 cm³/mol. The Morgan fingerprint density at radius 1 is 1.25 bits per heavy atom. The maximum absolute atomic E-state index is 13.6. The van der Waals surface area contributed by atoms with Gasteiger partial charge in [0.05, 0.1) is 5.02 Å². The number of aromatic hydroxyl groups is 1. The lowest BCUT2D eigenvalue weighted by atomic mass is 10.1. The molecule has 0 aliphatic heterocycles. The van der Waals surface area contributed by atoms with Crippen LogP contribution in [0.1, 0.15) is 24.1 Å². The van der Waals surface area contributed by atoms with Crippen LogP contribution in [0.5, 0.6) is 5.75 Å². The second-order valence-electron chi connectivity index (χ2n) is 4.52. The number of nitrogens with one attached hydrogen (secondary N) is 1. The average molecular weight is 298 g/mol. The Kier molecular flexibility index (Phi) is 4.57. The van der Waals surface area contributed by atoms with Gasteiger partial charge in [-0.15, -0.1) is 0 Å². The second kappa shape index (κ2) is 6.20. The summed E-state index contributed by atoms with van der Waals surface area (Å²) in [5.74, 6) is -0.962. The quantitative estimate of drug-likeness (QED) is 0.887. The van der Waals surface area contributed by atoms with E-state index in [1.54, 1.807) is 25.1 Å². The Hall–Kier alpha value is -1.65. The van der Waals surface area contributed by atoms with E-state index in [1.807, 2.05) is 0 Å². The standard InChI is InChI=1S/C15H14ClF2NO/c1-9(12-7-11(17)5-6-14(12)18)19-8-10-3-2-4-13(16)15(10)20/h2-7,9,19-20H,8H2,1H3. The Morgan fingerprint density at radius 2 is 2.00 bits per heavy atom. The van der Waals surface area contributed by atoms with E-state index in [1.165, 1.54) is 0 Å². The molecule has 5 heteroatoms. The Bertz CT molecular complexity index is 619.